The number of ether oxygens (including phenoxy) is 1. The lowest BCUT2D eigenvalue weighted by Gasteiger charge is -2.07. The van der Waals surface area contributed by atoms with Crippen molar-refractivity contribution in [3.63, 3.8) is 0 Å². The first-order valence-corrected chi connectivity index (χ1v) is 5.15. The molecule has 0 fully saturated rings. The van der Waals surface area contributed by atoms with Crippen LogP contribution in [0.4, 0.5) is 0 Å². The SMILES string of the molecule is [CH2]CCc1cnc(OCCC)cc1C. The van der Waals surface area contributed by atoms with Gasteiger partial charge >= 0.3 is 0 Å². The highest BCUT2D eigenvalue weighted by molar-refractivity contribution is 5.28. The van der Waals surface area contributed by atoms with Crippen LogP contribution in [0.2, 0.25) is 0 Å². The number of aromatic nitrogens is 1. The smallest absolute Gasteiger partial charge is 0.213 e. The largest absolute Gasteiger partial charge is 0.478 e. The van der Waals surface area contributed by atoms with Crippen LogP contribution >= 0.6 is 0 Å². The molecular weight excluding hydrogens is 174 g/mol. The van der Waals surface area contributed by atoms with Crippen LogP contribution in [0.3, 0.4) is 0 Å². The van der Waals surface area contributed by atoms with Gasteiger partial charge in [-0.1, -0.05) is 13.8 Å². The van der Waals surface area contributed by atoms with E-state index in [-0.39, 0.29) is 0 Å². The normalized spacial score (nSPS) is 10.2. The second kappa shape index (κ2) is 5.63. The Hall–Kier alpha value is -1.05. The molecule has 0 aliphatic rings. The summed E-state index contributed by atoms with van der Waals surface area (Å²) in [7, 11) is 0. The molecular formula is C12H18NO. The molecule has 0 N–H and O–H groups in total. The molecule has 1 aromatic rings. The third-order valence-corrected chi connectivity index (χ3v) is 2.09. The average Bonchev–Trinajstić information content (AvgIpc) is 2.19. The summed E-state index contributed by atoms with van der Waals surface area (Å²) in [6.45, 7) is 8.75. The van der Waals surface area contributed by atoms with Crippen LogP contribution < -0.4 is 4.74 Å². The standard InChI is InChI=1S/C12H18NO/c1-4-6-11-9-13-12(8-10(11)3)14-7-5-2/h8-9H,1,4-7H2,2-3H3. The zero-order valence-electron chi connectivity index (χ0n) is 9.05. The predicted octanol–water partition coefficient (Wildman–Crippen LogP) is 2.95. The zero-order valence-corrected chi connectivity index (χ0v) is 9.05. The highest BCUT2D eigenvalue weighted by Gasteiger charge is 2.00. The fourth-order valence-electron chi connectivity index (χ4n) is 1.30. The van der Waals surface area contributed by atoms with Crippen LogP contribution in [0.25, 0.3) is 0 Å². The Kier molecular flexibility index (Phi) is 4.44. The third-order valence-electron chi connectivity index (χ3n) is 2.09. The lowest BCUT2D eigenvalue weighted by Crippen LogP contribution is -1.99. The maximum atomic E-state index is 5.44. The molecule has 0 aromatic carbocycles. The van der Waals surface area contributed by atoms with Crippen molar-refractivity contribution in [2.75, 3.05) is 6.61 Å². The van der Waals surface area contributed by atoms with Crippen molar-refractivity contribution in [2.45, 2.75) is 33.1 Å². The average molecular weight is 192 g/mol. The summed E-state index contributed by atoms with van der Waals surface area (Å²) in [6, 6.07) is 2.00. The van der Waals surface area contributed by atoms with Gasteiger partial charge in [0.1, 0.15) is 0 Å². The number of hydrogen-bond donors (Lipinski definition) is 0. The molecule has 0 aliphatic carbocycles. The first kappa shape index (κ1) is 11.0. The van der Waals surface area contributed by atoms with Crippen LogP contribution in [0.15, 0.2) is 12.3 Å². The maximum absolute atomic E-state index is 5.44. The summed E-state index contributed by atoms with van der Waals surface area (Å²) >= 11 is 0. The topological polar surface area (TPSA) is 22.1 Å². The van der Waals surface area contributed by atoms with Crippen molar-refractivity contribution in [3.05, 3.63) is 30.3 Å². The van der Waals surface area contributed by atoms with E-state index in [2.05, 4.69) is 25.8 Å². The van der Waals surface area contributed by atoms with Crippen molar-refractivity contribution < 1.29 is 4.74 Å². The molecule has 1 aromatic heterocycles. The monoisotopic (exact) mass is 192 g/mol. The van der Waals surface area contributed by atoms with Crippen LogP contribution in [0.5, 0.6) is 5.88 Å². The van der Waals surface area contributed by atoms with Gasteiger partial charge in [-0.3, -0.25) is 0 Å². The van der Waals surface area contributed by atoms with Crippen LogP contribution in [-0.2, 0) is 6.42 Å². The summed E-state index contributed by atoms with van der Waals surface area (Å²) in [5, 5.41) is 0. The van der Waals surface area contributed by atoms with Crippen molar-refractivity contribution >= 4 is 0 Å². The van der Waals surface area contributed by atoms with Gasteiger partial charge in [0.15, 0.2) is 0 Å². The lowest BCUT2D eigenvalue weighted by molar-refractivity contribution is 0.305. The van der Waals surface area contributed by atoms with E-state index in [1.54, 1.807) is 0 Å². The van der Waals surface area contributed by atoms with Crippen LogP contribution in [-0.4, -0.2) is 11.6 Å². The van der Waals surface area contributed by atoms with Gasteiger partial charge in [0.2, 0.25) is 5.88 Å². The van der Waals surface area contributed by atoms with Gasteiger partial charge in [-0.05, 0) is 37.3 Å². The molecule has 77 valence electrons. The van der Waals surface area contributed by atoms with E-state index in [0.29, 0.717) is 0 Å². The Labute approximate surface area is 86.3 Å². The van der Waals surface area contributed by atoms with Gasteiger partial charge in [-0.15, -0.1) is 0 Å². The summed E-state index contributed by atoms with van der Waals surface area (Å²) in [4.78, 5) is 4.25. The summed E-state index contributed by atoms with van der Waals surface area (Å²) in [5.41, 5.74) is 2.51. The second-order valence-corrected chi connectivity index (χ2v) is 3.40. The van der Waals surface area contributed by atoms with E-state index in [1.807, 2.05) is 12.3 Å². The molecule has 0 amide bonds. The summed E-state index contributed by atoms with van der Waals surface area (Å²) in [5.74, 6) is 0.733. The van der Waals surface area contributed by atoms with E-state index < -0.39 is 0 Å². The quantitative estimate of drug-likeness (QED) is 0.715. The van der Waals surface area contributed by atoms with E-state index in [4.69, 9.17) is 4.74 Å². The van der Waals surface area contributed by atoms with Crippen molar-refractivity contribution in [3.8, 4) is 5.88 Å². The molecule has 1 rings (SSSR count). The molecule has 1 heterocycles. The van der Waals surface area contributed by atoms with Crippen LogP contribution in [0.1, 0.15) is 30.9 Å². The number of pyridine rings is 1. The minimum absolute atomic E-state index is 0.733. The molecule has 0 bridgehead atoms. The molecule has 2 nitrogen and oxygen atoms in total. The van der Waals surface area contributed by atoms with E-state index in [0.717, 1.165) is 31.7 Å². The fraction of sp³-hybridized carbons (Fsp3) is 0.500. The molecule has 0 atom stereocenters. The molecule has 14 heavy (non-hydrogen) atoms. The molecule has 0 unspecified atom stereocenters. The first-order chi connectivity index (χ1) is 6.77. The minimum Gasteiger partial charge on any atom is -0.478 e. The Morgan fingerprint density at radius 1 is 1.50 bits per heavy atom. The molecule has 0 saturated carbocycles. The summed E-state index contributed by atoms with van der Waals surface area (Å²) < 4.78 is 5.44. The lowest BCUT2D eigenvalue weighted by atomic mass is 10.1. The summed E-state index contributed by atoms with van der Waals surface area (Å²) in [6.07, 6.45) is 4.82. The minimum atomic E-state index is 0.733. The van der Waals surface area contributed by atoms with Crippen LogP contribution in [0, 0.1) is 13.8 Å². The second-order valence-electron chi connectivity index (χ2n) is 3.40. The van der Waals surface area contributed by atoms with Crippen molar-refractivity contribution in [2.24, 2.45) is 0 Å². The van der Waals surface area contributed by atoms with Gasteiger partial charge in [0.05, 0.1) is 6.61 Å². The molecule has 0 saturated heterocycles. The zero-order chi connectivity index (χ0) is 10.4. The molecule has 1 radical (unpaired) electrons. The van der Waals surface area contributed by atoms with Gasteiger partial charge in [0, 0.05) is 12.3 Å². The van der Waals surface area contributed by atoms with E-state index in [9.17, 15) is 0 Å². The highest BCUT2D eigenvalue weighted by Crippen LogP contribution is 2.15. The first-order valence-electron chi connectivity index (χ1n) is 5.15. The molecule has 0 spiro atoms. The van der Waals surface area contributed by atoms with E-state index >= 15 is 0 Å². The molecule has 0 aliphatic heterocycles. The van der Waals surface area contributed by atoms with Gasteiger partial charge in [-0.25, -0.2) is 4.98 Å². The Morgan fingerprint density at radius 2 is 2.29 bits per heavy atom. The maximum Gasteiger partial charge on any atom is 0.213 e. The Bertz CT molecular complexity index is 284. The fourth-order valence-corrected chi connectivity index (χ4v) is 1.30. The van der Waals surface area contributed by atoms with Gasteiger partial charge in [-0.2, -0.15) is 0 Å². The molecule has 2 heteroatoms. The Morgan fingerprint density at radius 3 is 2.86 bits per heavy atom. The number of nitrogens with zero attached hydrogens (tertiary/aromatic N) is 1. The van der Waals surface area contributed by atoms with Crippen molar-refractivity contribution in [1.29, 1.82) is 0 Å². The number of aryl methyl sites for hydroxylation is 2. The number of rotatable bonds is 5. The van der Waals surface area contributed by atoms with Gasteiger partial charge in [0.25, 0.3) is 0 Å². The van der Waals surface area contributed by atoms with Gasteiger partial charge < -0.3 is 4.74 Å². The number of hydrogen-bond acceptors (Lipinski definition) is 2. The Balaban J connectivity index is 2.68. The van der Waals surface area contributed by atoms with E-state index in [1.165, 1.54) is 11.1 Å². The van der Waals surface area contributed by atoms with Crippen molar-refractivity contribution in [1.82, 2.24) is 4.98 Å². The predicted molar refractivity (Wildman–Crippen MR) is 58.4 cm³/mol. The highest BCUT2D eigenvalue weighted by atomic mass is 16.5. The third kappa shape index (κ3) is 3.02.